The maximum absolute atomic E-state index is 11.1. The van der Waals surface area contributed by atoms with Crippen molar-refractivity contribution in [2.24, 2.45) is 5.73 Å². The lowest BCUT2D eigenvalue weighted by Gasteiger charge is -2.30. The molecule has 0 spiro atoms. The van der Waals surface area contributed by atoms with Crippen molar-refractivity contribution in [3.05, 3.63) is 27.7 Å². The van der Waals surface area contributed by atoms with Crippen molar-refractivity contribution in [3.8, 4) is 0 Å². The lowest BCUT2D eigenvalue weighted by molar-refractivity contribution is -0.142. The first-order valence-electron chi connectivity index (χ1n) is 4.56. The third-order valence-corrected chi connectivity index (χ3v) is 4.75. The van der Waals surface area contributed by atoms with Crippen LogP contribution in [0.4, 0.5) is 0 Å². The first kappa shape index (κ1) is 12.0. The molecule has 0 fully saturated rings. The molecule has 3 N–H and O–H groups in total. The summed E-state index contributed by atoms with van der Waals surface area (Å²) in [5, 5.41) is 9.90. The monoisotopic (exact) mass is 277 g/mol. The Kier molecular flexibility index (Phi) is 3.09. The van der Waals surface area contributed by atoms with Gasteiger partial charge in [0.15, 0.2) is 0 Å². The molecule has 1 aliphatic rings. The Morgan fingerprint density at radius 1 is 1.50 bits per heavy atom. The molecule has 0 aromatic heterocycles. The van der Waals surface area contributed by atoms with Crippen molar-refractivity contribution >= 4 is 40.9 Å². The fourth-order valence-electron chi connectivity index (χ4n) is 1.59. The first-order valence-corrected chi connectivity index (χ1v) is 6.30. The minimum Gasteiger partial charge on any atom is -0.480 e. The van der Waals surface area contributed by atoms with Gasteiger partial charge in [-0.1, -0.05) is 23.2 Å². The van der Waals surface area contributed by atoms with E-state index in [0.717, 1.165) is 10.5 Å². The summed E-state index contributed by atoms with van der Waals surface area (Å²) in [6.45, 7) is 0. The lowest BCUT2D eigenvalue weighted by Crippen LogP contribution is -2.53. The average molecular weight is 278 g/mol. The van der Waals surface area contributed by atoms with E-state index in [9.17, 15) is 4.79 Å². The van der Waals surface area contributed by atoms with Crippen molar-refractivity contribution in [3.63, 3.8) is 0 Å². The summed E-state index contributed by atoms with van der Waals surface area (Å²) in [7, 11) is 0. The van der Waals surface area contributed by atoms with Crippen LogP contribution < -0.4 is 5.73 Å². The fourth-order valence-corrected chi connectivity index (χ4v) is 3.20. The summed E-state index contributed by atoms with van der Waals surface area (Å²) in [5.74, 6) is -0.672. The largest absolute Gasteiger partial charge is 0.480 e. The summed E-state index contributed by atoms with van der Waals surface area (Å²) < 4.78 is 0. The molecule has 1 aromatic carbocycles. The van der Waals surface area contributed by atoms with Gasteiger partial charge in [-0.25, -0.2) is 0 Å². The fraction of sp³-hybridized carbons (Fsp3) is 0.300. The van der Waals surface area contributed by atoms with Crippen molar-refractivity contribution in [1.29, 1.82) is 0 Å². The summed E-state index contributed by atoms with van der Waals surface area (Å²) in [5.41, 5.74) is 5.29. The smallest absolute Gasteiger partial charge is 0.324 e. The van der Waals surface area contributed by atoms with Crippen LogP contribution in [0.3, 0.4) is 0 Å². The molecule has 1 aromatic rings. The number of thioether (sulfide) groups is 1. The second-order valence-corrected chi connectivity index (χ2v) is 5.57. The van der Waals surface area contributed by atoms with Gasteiger partial charge < -0.3 is 10.8 Å². The molecule has 2 rings (SSSR count). The van der Waals surface area contributed by atoms with Crippen molar-refractivity contribution in [1.82, 2.24) is 0 Å². The number of nitrogens with two attached hydrogens (primary N) is 1. The van der Waals surface area contributed by atoms with Gasteiger partial charge in [0, 0.05) is 17.1 Å². The zero-order valence-corrected chi connectivity index (χ0v) is 10.5. The molecule has 0 bridgehead atoms. The van der Waals surface area contributed by atoms with Gasteiger partial charge in [-0.2, -0.15) is 0 Å². The molecule has 0 saturated carbocycles. The Morgan fingerprint density at radius 3 is 2.81 bits per heavy atom. The molecule has 1 aliphatic heterocycles. The molecule has 16 heavy (non-hydrogen) atoms. The lowest BCUT2D eigenvalue weighted by atomic mass is 9.93. The average Bonchev–Trinajstić information content (AvgIpc) is 2.24. The van der Waals surface area contributed by atoms with Crippen LogP contribution in [0.15, 0.2) is 17.0 Å². The number of fused-ring (bicyclic) bond motifs is 1. The molecule has 86 valence electrons. The summed E-state index contributed by atoms with van der Waals surface area (Å²) in [6, 6.07) is 3.55. The van der Waals surface area contributed by atoms with Crippen LogP contribution in [-0.2, 0) is 11.2 Å². The minimum atomic E-state index is -1.26. The third-order valence-electron chi connectivity index (χ3n) is 2.56. The summed E-state index contributed by atoms with van der Waals surface area (Å²) >= 11 is 13.3. The Morgan fingerprint density at radius 2 is 2.19 bits per heavy atom. The molecule has 0 radical (unpaired) electrons. The number of benzene rings is 1. The third kappa shape index (κ3) is 1.91. The maximum Gasteiger partial charge on any atom is 0.324 e. The van der Waals surface area contributed by atoms with E-state index in [2.05, 4.69) is 0 Å². The second-order valence-electron chi connectivity index (χ2n) is 3.76. The molecule has 3 nitrogen and oxygen atoms in total. The summed E-state index contributed by atoms with van der Waals surface area (Å²) in [6.07, 6.45) is 0.212. The van der Waals surface area contributed by atoms with E-state index >= 15 is 0 Å². The highest BCUT2D eigenvalue weighted by molar-refractivity contribution is 7.99. The number of aliphatic carboxylic acids is 1. The highest BCUT2D eigenvalue weighted by Crippen LogP contribution is 2.40. The van der Waals surface area contributed by atoms with Crippen LogP contribution in [0.25, 0.3) is 0 Å². The van der Waals surface area contributed by atoms with Gasteiger partial charge in [0.25, 0.3) is 0 Å². The SMILES string of the molecule is NC1(C(=O)O)CSc2ccc(Cl)c(Cl)c2C1. The highest BCUT2D eigenvalue weighted by Gasteiger charge is 2.39. The van der Waals surface area contributed by atoms with E-state index in [1.54, 1.807) is 6.07 Å². The van der Waals surface area contributed by atoms with Crippen LogP contribution in [0.5, 0.6) is 0 Å². The van der Waals surface area contributed by atoms with E-state index in [0.29, 0.717) is 15.8 Å². The molecule has 0 amide bonds. The molecule has 1 heterocycles. The van der Waals surface area contributed by atoms with Gasteiger partial charge >= 0.3 is 5.97 Å². The minimum absolute atomic E-state index is 0.212. The highest BCUT2D eigenvalue weighted by atomic mass is 35.5. The maximum atomic E-state index is 11.1. The Hall–Kier alpha value is -0.420. The zero-order chi connectivity index (χ0) is 11.9. The topological polar surface area (TPSA) is 63.3 Å². The van der Waals surface area contributed by atoms with Gasteiger partial charge in [-0.15, -0.1) is 11.8 Å². The first-order chi connectivity index (χ1) is 7.44. The van der Waals surface area contributed by atoms with Crippen molar-refractivity contribution < 1.29 is 9.90 Å². The van der Waals surface area contributed by atoms with Gasteiger partial charge in [0.05, 0.1) is 10.0 Å². The van der Waals surface area contributed by atoms with Crippen LogP contribution in [0.2, 0.25) is 10.0 Å². The molecule has 6 heteroatoms. The van der Waals surface area contributed by atoms with Crippen LogP contribution in [0, 0.1) is 0 Å². The van der Waals surface area contributed by atoms with Gasteiger partial charge in [0.2, 0.25) is 0 Å². The molecular weight excluding hydrogens is 269 g/mol. The number of hydrogen-bond acceptors (Lipinski definition) is 3. The van der Waals surface area contributed by atoms with Gasteiger partial charge in [-0.05, 0) is 17.7 Å². The van der Waals surface area contributed by atoms with Crippen molar-refractivity contribution in [2.75, 3.05) is 5.75 Å². The Labute approximate surface area is 107 Å². The zero-order valence-electron chi connectivity index (χ0n) is 8.17. The molecule has 1 unspecified atom stereocenters. The number of carbonyl (C=O) groups is 1. The van der Waals surface area contributed by atoms with E-state index in [1.807, 2.05) is 6.07 Å². The number of carboxylic acids is 1. The van der Waals surface area contributed by atoms with E-state index in [-0.39, 0.29) is 6.42 Å². The molecule has 0 saturated heterocycles. The van der Waals surface area contributed by atoms with Crippen LogP contribution in [-0.4, -0.2) is 22.4 Å². The van der Waals surface area contributed by atoms with Crippen molar-refractivity contribution in [2.45, 2.75) is 16.9 Å². The van der Waals surface area contributed by atoms with Gasteiger partial charge in [-0.3, -0.25) is 4.79 Å². The quantitative estimate of drug-likeness (QED) is 0.828. The van der Waals surface area contributed by atoms with E-state index in [1.165, 1.54) is 11.8 Å². The van der Waals surface area contributed by atoms with E-state index < -0.39 is 11.5 Å². The Balaban J connectivity index is 2.47. The molecule has 1 atom stereocenters. The predicted molar refractivity (Wildman–Crippen MR) is 65.4 cm³/mol. The molecular formula is C10H9Cl2NO2S. The summed E-state index contributed by atoms with van der Waals surface area (Å²) in [4.78, 5) is 12.0. The normalized spacial score (nSPS) is 23.9. The Bertz CT molecular complexity index is 466. The number of rotatable bonds is 1. The second kappa shape index (κ2) is 4.11. The number of hydrogen-bond donors (Lipinski definition) is 2. The number of halogens is 2. The van der Waals surface area contributed by atoms with Gasteiger partial charge in [0.1, 0.15) is 5.54 Å². The van der Waals surface area contributed by atoms with E-state index in [4.69, 9.17) is 34.0 Å². The van der Waals surface area contributed by atoms with Crippen LogP contribution in [0.1, 0.15) is 5.56 Å². The molecule has 0 aliphatic carbocycles. The predicted octanol–water partition coefficient (Wildman–Crippen LogP) is 2.42. The number of carboxylic acid groups (broad SMARTS) is 1. The standard InChI is InChI=1S/C10H9Cl2NO2S/c11-6-1-2-7-5(8(6)12)3-10(13,4-16-7)9(14)15/h1-2H,3-4,13H2,(H,14,15). The van der Waals surface area contributed by atoms with Crippen LogP contribution >= 0.6 is 35.0 Å².